The van der Waals surface area contributed by atoms with Crippen LogP contribution in [0.5, 0.6) is 0 Å². The predicted octanol–water partition coefficient (Wildman–Crippen LogP) is 4.87. The highest BCUT2D eigenvalue weighted by Crippen LogP contribution is 2.45. The Hall–Kier alpha value is -2.00. The number of rotatable bonds is 4. The summed E-state index contributed by atoms with van der Waals surface area (Å²) in [7, 11) is 0. The van der Waals surface area contributed by atoms with Crippen molar-refractivity contribution in [2.45, 2.75) is 32.2 Å². The lowest BCUT2D eigenvalue weighted by Gasteiger charge is -2.26. The van der Waals surface area contributed by atoms with Crippen molar-refractivity contribution in [2.24, 2.45) is 0 Å². The van der Waals surface area contributed by atoms with Crippen LogP contribution in [0.1, 0.15) is 30.9 Å². The van der Waals surface area contributed by atoms with E-state index in [1.54, 1.807) is 4.90 Å². The first kappa shape index (κ1) is 15.9. The maximum atomic E-state index is 12.8. The molecule has 2 aromatic carbocycles. The third kappa shape index (κ3) is 3.35. The van der Waals surface area contributed by atoms with Gasteiger partial charge in [0, 0.05) is 17.3 Å². The molecule has 1 aliphatic rings. The van der Waals surface area contributed by atoms with Gasteiger partial charge in [0.1, 0.15) is 0 Å². The molecule has 4 heteroatoms. The molecule has 0 aliphatic heterocycles. The van der Waals surface area contributed by atoms with Gasteiger partial charge in [0.25, 0.3) is 0 Å². The number of hydrogen-bond acceptors (Lipinski definition) is 1. The fourth-order valence-electron chi connectivity index (χ4n) is 2.89. The second kappa shape index (κ2) is 6.25. The van der Waals surface area contributed by atoms with Crippen LogP contribution < -0.4 is 10.2 Å². The Balaban J connectivity index is 1.78. The molecule has 0 saturated heterocycles. The molecule has 120 valence electrons. The van der Waals surface area contributed by atoms with E-state index in [1.165, 1.54) is 0 Å². The fraction of sp³-hybridized carbons (Fsp3) is 0.316. The van der Waals surface area contributed by atoms with Crippen LogP contribution in [-0.4, -0.2) is 12.6 Å². The number of carbonyl (C=O) groups is 1. The molecule has 1 saturated carbocycles. The number of carbonyl (C=O) groups excluding carboxylic acids is 1. The maximum Gasteiger partial charge on any atom is 0.322 e. The number of nitrogens with one attached hydrogen (secondary N) is 1. The zero-order valence-corrected chi connectivity index (χ0v) is 14.2. The smallest absolute Gasteiger partial charge is 0.322 e. The van der Waals surface area contributed by atoms with E-state index in [0.717, 1.165) is 29.7 Å². The Morgan fingerprint density at radius 3 is 2.48 bits per heavy atom. The summed E-state index contributed by atoms with van der Waals surface area (Å²) in [5, 5.41) is 3.93. The minimum Gasteiger partial charge on any atom is -0.328 e. The van der Waals surface area contributed by atoms with E-state index >= 15 is 0 Å². The maximum absolute atomic E-state index is 12.8. The van der Waals surface area contributed by atoms with E-state index in [0.29, 0.717) is 11.6 Å². The van der Waals surface area contributed by atoms with Gasteiger partial charge in [-0.15, -0.1) is 0 Å². The highest BCUT2D eigenvalue weighted by atomic mass is 35.5. The lowest BCUT2D eigenvalue weighted by atomic mass is 10.1. The highest BCUT2D eigenvalue weighted by Gasteiger charge is 2.46. The molecular formula is C19H21ClN2O. The van der Waals surface area contributed by atoms with Gasteiger partial charge in [-0.2, -0.15) is 0 Å². The molecule has 0 spiro atoms. The van der Waals surface area contributed by atoms with Crippen molar-refractivity contribution in [3.63, 3.8) is 0 Å². The van der Waals surface area contributed by atoms with Crippen LogP contribution in [0.15, 0.2) is 48.5 Å². The average molecular weight is 329 g/mol. The number of aryl methyl sites for hydroxylation is 1. The zero-order chi connectivity index (χ0) is 16.4. The fourth-order valence-corrected chi connectivity index (χ4v) is 3.02. The van der Waals surface area contributed by atoms with Gasteiger partial charge in [-0.3, -0.25) is 4.90 Å². The van der Waals surface area contributed by atoms with E-state index in [-0.39, 0.29) is 11.6 Å². The molecule has 0 bridgehead atoms. The first-order valence-electron chi connectivity index (χ1n) is 7.96. The Kier molecular flexibility index (Phi) is 4.31. The van der Waals surface area contributed by atoms with Crippen molar-refractivity contribution in [2.75, 3.05) is 11.4 Å². The summed E-state index contributed by atoms with van der Waals surface area (Å²) in [6.07, 6.45) is 1.93. The second-order valence-corrected chi connectivity index (χ2v) is 6.54. The van der Waals surface area contributed by atoms with Crippen LogP contribution in [0.2, 0.25) is 5.02 Å². The molecule has 0 unspecified atom stereocenters. The molecule has 1 fully saturated rings. The number of amides is 2. The summed E-state index contributed by atoms with van der Waals surface area (Å²) in [5.74, 6) is 0. The third-order valence-electron chi connectivity index (χ3n) is 4.37. The van der Waals surface area contributed by atoms with Crippen molar-refractivity contribution >= 4 is 23.3 Å². The number of nitrogens with zero attached hydrogens (tertiary/aromatic N) is 1. The van der Waals surface area contributed by atoms with Crippen LogP contribution in [0.4, 0.5) is 10.5 Å². The van der Waals surface area contributed by atoms with E-state index in [9.17, 15) is 4.79 Å². The number of hydrogen-bond donors (Lipinski definition) is 1. The number of benzene rings is 2. The van der Waals surface area contributed by atoms with Crippen LogP contribution in [0.3, 0.4) is 0 Å². The monoisotopic (exact) mass is 328 g/mol. The molecule has 2 amide bonds. The van der Waals surface area contributed by atoms with Gasteiger partial charge >= 0.3 is 6.03 Å². The lowest BCUT2D eigenvalue weighted by molar-refractivity contribution is 0.241. The predicted molar refractivity (Wildman–Crippen MR) is 95.1 cm³/mol. The summed E-state index contributed by atoms with van der Waals surface area (Å²) in [6.45, 7) is 4.65. The standard InChI is InChI=1S/C19H21ClN2O/c1-3-22(17-6-4-5-14(2)13-17)18(23)21-19(11-12-19)15-7-9-16(20)10-8-15/h4-10,13H,3,11-12H2,1-2H3,(H,21,23). The van der Waals surface area contributed by atoms with Crippen molar-refractivity contribution in [1.29, 1.82) is 0 Å². The highest BCUT2D eigenvalue weighted by molar-refractivity contribution is 6.30. The van der Waals surface area contributed by atoms with Gasteiger partial charge < -0.3 is 5.32 Å². The van der Waals surface area contributed by atoms with Gasteiger partial charge in [-0.25, -0.2) is 4.79 Å². The second-order valence-electron chi connectivity index (χ2n) is 6.10. The molecule has 0 aromatic heterocycles. The van der Waals surface area contributed by atoms with E-state index in [4.69, 9.17) is 11.6 Å². The van der Waals surface area contributed by atoms with E-state index in [2.05, 4.69) is 5.32 Å². The van der Waals surface area contributed by atoms with Gasteiger partial charge in [-0.1, -0.05) is 35.9 Å². The van der Waals surface area contributed by atoms with Crippen LogP contribution in [0, 0.1) is 6.92 Å². The van der Waals surface area contributed by atoms with Crippen LogP contribution in [-0.2, 0) is 5.54 Å². The Labute approximate surface area is 142 Å². The van der Waals surface area contributed by atoms with Gasteiger partial charge in [0.15, 0.2) is 0 Å². The van der Waals surface area contributed by atoms with Gasteiger partial charge in [-0.05, 0) is 62.1 Å². The van der Waals surface area contributed by atoms with Crippen molar-refractivity contribution in [3.8, 4) is 0 Å². The van der Waals surface area contributed by atoms with Crippen molar-refractivity contribution in [3.05, 3.63) is 64.7 Å². The largest absolute Gasteiger partial charge is 0.328 e. The third-order valence-corrected chi connectivity index (χ3v) is 4.62. The first-order chi connectivity index (χ1) is 11.0. The molecule has 0 radical (unpaired) electrons. The van der Waals surface area contributed by atoms with Crippen LogP contribution in [0.25, 0.3) is 0 Å². The topological polar surface area (TPSA) is 32.3 Å². The average Bonchev–Trinajstić information content (AvgIpc) is 3.29. The Bertz CT molecular complexity index is 708. The van der Waals surface area contributed by atoms with Crippen LogP contribution >= 0.6 is 11.6 Å². The molecule has 3 rings (SSSR count). The van der Waals surface area contributed by atoms with Crippen molar-refractivity contribution in [1.82, 2.24) is 5.32 Å². The van der Waals surface area contributed by atoms with E-state index < -0.39 is 0 Å². The Morgan fingerprint density at radius 1 is 1.22 bits per heavy atom. The summed E-state index contributed by atoms with van der Waals surface area (Å²) >= 11 is 5.96. The molecule has 1 N–H and O–H groups in total. The molecular weight excluding hydrogens is 308 g/mol. The molecule has 1 aliphatic carbocycles. The van der Waals surface area contributed by atoms with Gasteiger partial charge in [0.2, 0.25) is 0 Å². The summed E-state index contributed by atoms with van der Waals surface area (Å²) in [6, 6.07) is 15.7. The molecule has 0 heterocycles. The SMILES string of the molecule is CCN(C(=O)NC1(c2ccc(Cl)cc2)CC1)c1cccc(C)c1. The normalized spacial score (nSPS) is 15.1. The first-order valence-corrected chi connectivity index (χ1v) is 8.34. The number of anilines is 1. The minimum atomic E-state index is -0.237. The van der Waals surface area contributed by atoms with Crippen molar-refractivity contribution < 1.29 is 4.79 Å². The van der Waals surface area contributed by atoms with Gasteiger partial charge in [0.05, 0.1) is 5.54 Å². The molecule has 23 heavy (non-hydrogen) atoms. The Morgan fingerprint density at radius 2 is 1.91 bits per heavy atom. The number of halogens is 1. The summed E-state index contributed by atoms with van der Waals surface area (Å²) in [4.78, 5) is 14.6. The lowest BCUT2D eigenvalue weighted by Crippen LogP contribution is -2.45. The molecule has 0 atom stereocenters. The minimum absolute atomic E-state index is 0.0504. The number of urea groups is 1. The van der Waals surface area contributed by atoms with E-state index in [1.807, 2.05) is 62.4 Å². The zero-order valence-electron chi connectivity index (χ0n) is 13.5. The quantitative estimate of drug-likeness (QED) is 0.852. The molecule has 3 nitrogen and oxygen atoms in total. The summed E-state index contributed by atoms with van der Waals surface area (Å²) in [5.41, 5.74) is 2.96. The molecule has 2 aromatic rings. The summed E-state index contributed by atoms with van der Waals surface area (Å²) < 4.78 is 0.